The number of rotatable bonds is 5. The molecule has 3 aliphatic rings. The number of carbonyl (C=O) groups is 4. The second-order valence-corrected chi connectivity index (χ2v) is 8.64. The molecule has 32 heavy (non-hydrogen) atoms. The Kier molecular flexibility index (Phi) is 6.19. The lowest BCUT2D eigenvalue weighted by Crippen LogP contribution is -2.59. The van der Waals surface area contributed by atoms with E-state index in [0.29, 0.717) is 44.8 Å². The Labute approximate surface area is 187 Å². The number of hydrogen-bond donors (Lipinski definition) is 1. The quantitative estimate of drug-likeness (QED) is 0.685. The number of ether oxygens (including phenoxy) is 2. The summed E-state index contributed by atoms with van der Waals surface area (Å²) in [5.74, 6) is -1.83. The van der Waals surface area contributed by atoms with Gasteiger partial charge in [0.25, 0.3) is 0 Å². The van der Waals surface area contributed by atoms with Crippen molar-refractivity contribution in [2.24, 2.45) is 5.92 Å². The number of piperidine rings is 1. The van der Waals surface area contributed by atoms with Gasteiger partial charge in [0.15, 0.2) is 0 Å². The van der Waals surface area contributed by atoms with E-state index in [9.17, 15) is 19.2 Å². The summed E-state index contributed by atoms with van der Waals surface area (Å²) in [6, 6.07) is 7.37. The highest BCUT2D eigenvalue weighted by Crippen LogP contribution is 2.45. The van der Waals surface area contributed by atoms with Crippen LogP contribution >= 0.6 is 0 Å². The number of amides is 3. The van der Waals surface area contributed by atoms with Crippen LogP contribution in [0.5, 0.6) is 0 Å². The number of carbonyl (C=O) groups excluding carboxylic acids is 4. The van der Waals surface area contributed by atoms with E-state index < -0.39 is 23.3 Å². The summed E-state index contributed by atoms with van der Waals surface area (Å²) in [6.07, 6.45) is 1.18. The van der Waals surface area contributed by atoms with Crippen LogP contribution in [-0.4, -0.2) is 79.5 Å². The second kappa shape index (κ2) is 8.90. The predicted molar refractivity (Wildman–Crippen MR) is 115 cm³/mol. The van der Waals surface area contributed by atoms with E-state index in [0.717, 1.165) is 5.56 Å². The third kappa shape index (κ3) is 3.74. The average molecular weight is 444 g/mol. The van der Waals surface area contributed by atoms with Crippen molar-refractivity contribution in [2.75, 3.05) is 45.8 Å². The van der Waals surface area contributed by atoms with Crippen LogP contribution in [0.3, 0.4) is 0 Å². The van der Waals surface area contributed by atoms with Crippen LogP contribution in [0.25, 0.3) is 0 Å². The molecule has 1 aromatic rings. The second-order valence-electron chi connectivity index (χ2n) is 8.64. The molecular formula is C23H29N3O6. The minimum absolute atomic E-state index is 0.0879. The van der Waals surface area contributed by atoms with Gasteiger partial charge < -0.3 is 24.6 Å². The van der Waals surface area contributed by atoms with Crippen LogP contribution < -0.4 is 5.32 Å². The summed E-state index contributed by atoms with van der Waals surface area (Å²) in [4.78, 5) is 54.4. The topological polar surface area (TPSA) is 105 Å². The van der Waals surface area contributed by atoms with Gasteiger partial charge in [-0.15, -0.1) is 0 Å². The summed E-state index contributed by atoms with van der Waals surface area (Å²) in [7, 11) is 2.91. The number of anilines is 1. The first kappa shape index (κ1) is 22.3. The third-order valence-corrected chi connectivity index (χ3v) is 7.11. The van der Waals surface area contributed by atoms with E-state index in [1.807, 2.05) is 18.2 Å². The minimum atomic E-state index is -0.679. The molecule has 4 rings (SSSR count). The molecule has 9 heteroatoms. The number of fused-ring (bicyclic) bond motifs is 1. The standard InChI is InChI=1S/C23H29N3O6/c1-31-12-11-26-20(28)14-17(22(30)32-2)23(26)7-9-25(10-8-23)21(29)16-13-19(27)24-18-6-4-3-5-15(16)18/h3-6,16-17H,7-14H2,1-2H3,(H,24,27). The Bertz CT molecular complexity index is 924. The number of likely N-dealkylation sites (tertiary alicyclic amines) is 2. The maximum atomic E-state index is 13.4. The predicted octanol–water partition coefficient (Wildman–Crippen LogP) is 1.14. The normalized spacial score (nSPS) is 24.3. The summed E-state index contributed by atoms with van der Waals surface area (Å²) in [5, 5.41) is 2.83. The van der Waals surface area contributed by atoms with Crippen LogP contribution in [0, 0.1) is 5.92 Å². The summed E-state index contributed by atoms with van der Waals surface area (Å²) in [5.41, 5.74) is 0.817. The van der Waals surface area contributed by atoms with Crippen molar-refractivity contribution in [1.29, 1.82) is 0 Å². The largest absolute Gasteiger partial charge is 0.469 e. The Morgan fingerprint density at radius 1 is 1.12 bits per heavy atom. The Morgan fingerprint density at radius 2 is 1.84 bits per heavy atom. The summed E-state index contributed by atoms with van der Waals surface area (Å²) in [6.45, 7) is 1.58. The molecule has 1 aromatic carbocycles. The van der Waals surface area contributed by atoms with Gasteiger partial charge in [0, 0.05) is 45.3 Å². The lowest BCUT2D eigenvalue weighted by Gasteiger charge is -2.47. The smallest absolute Gasteiger partial charge is 0.311 e. The molecule has 0 bridgehead atoms. The van der Waals surface area contributed by atoms with E-state index in [2.05, 4.69) is 5.32 Å². The van der Waals surface area contributed by atoms with Crippen molar-refractivity contribution < 1.29 is 28.7 Å². The lowest BCUT2D eigenvalue weighted by atomic mass is 9.76. The monoisotopic (exact) mass is 443 g/mol. The van der Waals surface area contributed by atoms with Crippen molar-refractivity contribution in [3.05, 3.63) is 29.8 Å². The number of para-hydroxylation sites is 1. The van der Waals surface area contributed by atoms with E-state index in [1.165, 1.54) is 7.11 Å². The molecule has 9 nitrogen and oxygen atoms in total. The molecule has 0 aliphatic carbocycles. The van der Waals surface area contributed by atoms with Crippen LogP contribution in [0.1, 0.15) is 37.2 Å². The Hall–Kier alpha value is -2.94. The zero-order valence-electron chi connectivity index (χ0n) is 18.5. The maximum absolute atomic E-state index is 13.4. The highest BCUT2D eigenvalue weighted by atomic mass is 16.5. The number of nitrogens with zero attached hydrogens (tertiary/aromatic N) is 2. The molecule has 0 aromatic heterocycles. The highest BCUT2D eigenvalue weighted by Gasteiger charge is 2.57. The number of esters is 1. The van der Waals surface area contributed by atoms with Crippen molar-refractivity contribution in [1.82, 2.24) is 9.80 Å². The number of benzene rings is 1. The molecule has 0 radical (unpaired) electrons. The van der Waals surface area contributed by atoms with Gasteiger partial charge in [-0.05, 0) is 24.5 Å². The highest BCUT2D eigenvalue weighted by molar-refractivity contribution is 6.01. The maximum Gasteiger partial charge on any atom is 0.311 e. The molecule has 2 saturated heterocycles. The van der Waals surface area contributed by atoms with E-state index in [4.69, 9.17) is 9.47 Å². The van der Waals surface area contributed by atoms with Crippen molar-refractivity contribution in [2.45, 2.75) is 37.1 Å². The molecule has 1 N–H and O–H groups in total. The van der Waals surface area contributed by atoms with Gasteiger partial charge in [0.1, 0.15) is 0 Å². The van der Waals surface area contributed by atoms with Gasteiger partial charge in [-0.1, -0.05) is 18.2 Å². The minimum Gasteiger partial charge on any atom is -0.469 e. The molecule has 1 spiro atoms. The first-order chi connectivity index (χ1) is 15.4. The summed E-state index contributed by atoms with van der Waals surface area (Å²) >= 11 is 0. The Balaban J connectivity index is 1.54. The molecule has 3 heterocycles. The molecule has 0 saturated carbocycles. The molecule has 172 valence electrons. The molecule has 3 amide bonds. The van der Waals surface area contributed by atoms with Gasteiger partial charge in [-0.3, -0.25) is 19.2 Å². The molecule has 2 fully saturated rings. The van der Waals surface area contributed by atoms with Crippen molar-refractivity contribution in [3.63, 3.8) is 0 Å². The Morgan fingerprint density at radius 3 is 2.53 bits per heavy atom. The van der Waals surface area contributed by atoms with Crippen LogP contribution in [-0.2, 0) is 28.7 Å². The SMILES string of the molecule is COCCN1C(=O)CC(C(=O)OC)C12CCN(C(=O)C1CC(=O)Nc3ccccc31)CC2. The molecular weight excluding hydrogens is 414 g/mol. The molecule has 3 aliphatic heterocycles. The van der Waals surface area contributed by atoms with Crippen molar-refractivity contribution >= 4 is 29.4 Å². The van der Waals surface area contributed by atoms with Gasteiger partial charge in [-0.2, -0.15) is 0 Å². The summed E-state index contributed by atoms with van der Waals surface area (Å²) < 4.78 is 10.2. The van der Waals surface area contributed by atoms with Crippen molar-refractivity contribution in [3.8, 4) is 0 Å². The zero-order chi connectivity index (χ0) is 22.9. The van der Waals surface area contributed by atoms with Gasteiger partial charge in [0.2, 0.25) is 17.7 Å². The van der Waals surface area contributed by atoms with Crippen LogP contribution in [0.4, 0.5) is 5.69 Å². The molecule has 2 atom stereocenters. The van der Waals surface area contributed by atoms with Gasteiger partial charge in [0.05, 0.1) is 31.1 Å². The average Bonchev–Trinajstić information content (AvgIpc) is 3.07. The number of hydrogen-bond acceptors (Lipinski definition) is 6. The van der Waals surface area contributed by atoms with E-state index in [-0.39, 0.29) is 30.6 Å². The fourth-order valence-electron chi connectivity index (χ4n) is 5.47. The lowest BCUT2D eigenvalue weighted by molar-refractivity contribution is -0.151. The number of methoxy groups -OCH3 is 2. The first-order valence-corrected chi connectivity index (χ1v) is 11.0. The number of nitrogens with one attached hydrogen (secondary N) is 1. The van der Waals surface area contributed by atoms with E-state index in [1.54, 1.807) is 23.0 Å². The fraction of sp³-hybridized carbons (Fsp3) is 0.565. The zero-order valence-corrected chi connectivity index (χ0v) is 18.5. The third-order valence-electron chi connectivity index (χ3n) is 7.11. The first-order valence-electron chi connectivity index (χ1n) is 11.0. The van der Waals surface area contributed by atoms with E-state index >= 15 is 0 Å². The fourth-order valence-corrected chi connectivity index (χ4v) is 5.47. The van der Waals surface area contributed by atoms with Gasteiger partial charge >= 0.3 is 5.97 Å². The van der Waals surface area contributed by atoms with Crippen LogP contribution in [0.2, 0.25) is 0 Å². The van der Waals surface area contributed by atoms with Gasteiger partial charge in [-0.25, -0.2) is 0 Å². The van der Waals surface area contributed by atoms with Crippen LogP contribution in [0.15, 0.2) is 24.3 Å². The molecule has 2 unspecified atom stereocenters.